The van der Waals surface area contributed by atoms with Crippen molar-refractivity contribution in [2.45, 2.75) is 33.4 Å². The highest BCUT2D eigenvalue weighted by Gasteiger charge is 2.15. The van der Waals surface area contributed by atoms with Crippen LogP contribution >= 0.6 is 11.3 Å². The maximum Gasteiger partial charge on any atom is 0.322 e. The maximum absolute atomic E-state index is 12.6. The number of rotatable bonds is 7. The zero-order valence-electron chi connectivity index (χ0n) is 15.1. The summed E-state index contributed by atoms with van der Waals surface area (Å²) >= 11 is 1.66. The SMILES string of the molecule is CCCn1cnc2cc(NC(=O)N(CCO)Cc3ccc(C)s3)ccc21. The fraction of sp³-hybridized carbons (Fsp3) is 0.368. The van der Waals surface area contributed by atoms with E-state index in [1.54, 1.807) is 16.2 Å². The van der Waals surface area contributed by atoms with Gasteiger partial charge in [-0.3, -0.25) is 0 Å². The molecule has 0 saturated heterocycles. The molecule has 26 heavy (non-hydrogen) atoms. The fourth-order valence-corrected chi connectivity index (χ4v) is 3.80. The third-order valence-electron chi connectivity index (χ3n) is 4.14. The van der Waals surface area contributed by atoms with Gasteiger partial charge in [0, 0.05) is 28.5 Å². The molecule has 0 radical (unpaired) electrons. The lowest BCUT2D eigenvalue weighted by molar-refractivity contribution is 0.186. The summed E-state index contributed by atoms with van der Waals surface area (Å²) in [6.07, 6.45) is 2.87. The van der Waals surface area contributed by atoms with E-state index in [4.69, 9.17) is 0 Å². The molecule has 0 aliphatic heterocycles. The van der Waals surface area contributed by atoms with Crippen molar-refractivity contribution in [3.05, 3.63) is 46.4 Å². The van der Waals surface area contributed by atoms with Gasteiger partial charge in [0.15, 0.2) is 0 Å². The first-order valence-electron chi connectivity index (χ1n) is 8.77. The zero-order chi connectivity index (χ0) is 18.5. The molecular formula is C19H24N4O2S. The maximum atomic E-state index is 12.6. The van der Waals surface area contributed by atoms with Crippen molar-refractivity contribution in [2.24, 2.45) is 0 Å². The van der Waals surface area contributed by atoms with Gasteiger partial charge < -0.3 is 19.9 Å². The molecule has 1 aromatic carbocycles. The molecule has 0 saturated carbocycles. The van der Waals surface area contributed by atoms with Gasteiger partial charge in [0.2, 0.25) is 0 Å². The molecule has 138 valence electrons. The number of aliphatic hydroxyl groups excluding tert-OH is 1. The number of imidazole rings is 1. The van der Waals surface area contributed by atoms with E-state index >= 15 is 0 Å². The first-order chi connectivity index (χ1) is 12.6. The summed E-state index contributed by atoms with van der Waals surface area (Å²) < 4.78 is 2.11. The minimum Gasteiger partial charge on any atom is -0.395 e. The molecule has 2 heterocycles. The predicted octanol–water partition coefficient (Wildman–Crippen LogP) is 3.84. The van der Waals surface area contributed by atoms with Gasteiger partial charge in [0.05, 0.1) is 30.5 Å². The number of carbonyl (C=O) groups excluding carboxylic acids is 1. The van der Waals surface area contributed by atoms with Crippen molar-refractivity contribution < 1.29 is 9.90 Å². The van der Waals surface area contributed by atoms with Crippen LogP contribution in [0.5, 0.6) is 0 Å². The predicted molar refractivity (Wildman–Crippen MR) is 106 cm³/mol. The standard InChI is InChI=1S/C19H24N4O2S/c1-3-8-23-13-20-17-11-15(5-7-18(17)23)21-19(25)22(9-10-24)12-16-6-4-14(2)26-16/h4-7,11,13,24H,3,8-10,12H2,1-2H3,(H,21,25). The number of aromatic nitrogens is 2. The first-order valence-corrected chi connectivity index (χ1v) is 9.59. The molecule has 2 N–H and O–H groups in total. The van der Waals surface area contributed by atoms with Gasteiger partial charge in [0.1, 0.15) is 0 Å². The van der Waals surface area contributed by atoms with Crippen LogP contribution in [0.1, 0.15) is 23.1 Å². The third kappa shape index (κ3) is 4.23. The highest BCUT2D eigenvalue weighted by Crippen LogP contribution is 2.20. The number of fused-ring (bicyclic) bond motifs is 1. The van der Waals surface area contributed by atoms with Crippen molar-refractivity contribution in [2.75, 3.05) is 18.5 Å². The lowest BCUT2D eigenvalue weighted by Gasteiger charge is -2.21. The van der Waals surface area contributed by atoms with E-state index in [0.29, 0.717) is 12.2 Å². The number of hydrogen-bond acceptors (Lipinski definition) is 4. The number of carbonyl (C=O) groups is 1. The Labute approximate surface area is 157 Å². The minimum atomic E-state index is -0.225. The lowest BCUT2D eigenvalue weighted by Crippen LogP contribution is -2.36. The van der Waals surface area contributed by atoms with Crippen molar-refractivity contribution in [3.8, 4) is 0 Å². The van der Waals surface area contributed by atoms with Crippen LogP contribution < -0.4 is 5.32 Å². The number of nitrogens with one attached hydrogen (secondary N) is 1. The van der Waals surface area contributed by atoms with Gasteiger partial charge in [0.25, 0.3) is 0 Å². The number of aliphatic hydroxyl groups is 1. The Morgan fingerprint density at radius 1 is 1.35 bits per heavy atom. The number of anilines is 1. The average Bonchev–Trinajstić information content (AvgIpc) is 3.21. The zero-order valence-corrected chi connectivity index (χ0v) is 15.9. The Balaban J connectivity index is 1.72. The van der Waals surface area contributed by atoms with Gasteiger partial charge >= 0.3 is 6.03 Å². The molecule has 0 aliphatic rings. The fourth-order valence-electron chi connectivity index (χ4n) is 2.89. The number of thiophene rings is 1. The van der Waals surface area contributed by atoms with Crippen LogP contribution in [0, 0.1) is 6.92 Å². The molecular weight excluding hydrogens is 348 g/mol. The van der Waals surface area contributed by atoms with E-state index in [2.05, 4.69) is 21.8 Å². The van der Waals surface area contributed by atoms with Crippen LogP contribution in [0.15, 0.2) is 36.7 Å². The molecule has 3 rings (SSSR count). The molecule has 0 bridgehead atoms. The summed E-state index contributed by atoms with van der Waals surface area (Å²) in [5, 5.41) is 12.2. The number of hydrogen-bond donors (Lipinski definition) is 2. The summed E-state index contributed by atoms with van der Waals surface area (Å²) in [5.74, 6) is 0. The van der Waals surface area contributed by atoms with E-state index in [-0.39, 0.29) is 19.2 Å². The molecule has 0 atom stereocenters. The van der Waals surface area contributed by atoms with Gasteiger partial charge in [-0.15, -0.1) is 11.3 Å². The Hall–Kier alpha value is -2.38. The summed E-state index contributed by atoms with van der Waals surface area (Å²) in [5.41, 5.74) is 2.62. The molecule has 7 heteroatoms. The Morgan fingerprint density at radius 3 is 2.88 bits per heavy atom. The third-order valence-corrected chi connectivity index (χ3v) is 5.12. The molecule has 3 aromatic rings. The highest BCUT2D eigenvalue weighted by atomic mass is 32.1. The molecule has 0 unspecified atom stereocenters. The van der Waals surface area contributed by atoms with E-state index < -0.39 is 0 Å². The van der Waals surface area contributed by atoms with Gasteiger partial charge in [-0.05, 0) is 43.7 Å². The topological polar surface area (TPSA) is 70.4 Å². The van der Waals surface area contributed by atoms with E-state index in [1.165, 1.54) is 4.88 Å². The summed E-state index contributed by atoms with van der Waals surface area (Å²) in [7, 11) is 0. The van der Waals surface area contributed by atoms with Crippen molar-refractivity contribution in [1.82, 2.24) is 14.5 Å². The number of nitrogens with zero attached hydrogens (tertiary/aromatic N) is 3. The monoisotopic (exact) mass is 372 g/mol. The van der Waals surface area contributed by atoms with Gasteiger partial charge in [-0.1, -0.05) is 6.92 Å². The largest absolute Gasteiger partial charge is 0.395 e. The summed E-state index contributed by atoms with van der Waals surface area (Å²) in [6.45, 7) is 5.79. The highest BCUT2D eigenvalue weighted by molar-refractivity contribution is 7.11. The number of benzene rings is 1. The van der Waals surface area contributed by atoms with E-state index in [1.807, 2.05) is 43.6 Å². The molecule has 0 aliphatic carbocycles. The van der Waals surface area contributed by atoms with Crippen LogP contribution in [0.4, 0.5) is 10.5 Å². The first kappa shape index (κ1) is 18.4. The second-order valence-electron chi connectivity index (χ2n) is 6.23. The van der Waals surface area contributed by atoms with Crippen LogP contribution in [0.25, 0.3) is 11.0 Å². The van der Waals surface area contributed by atoms with Crippen molar-refractivity contribution >= 4 is 34.1 Å². The van der Waals surface area contributed by atoms with Gasteiger partial charge in [-0.2, -0.15) is 0 Å². The Morgan fingerprint density at radius 2 is 2.19 bits per heavy atom. The number of aryl methyl sites for hydroxylation is 2. The van der Waals surface area contributed by atoms with Crippen LogP contribution in [0.3, 0.4) is 0 Å². The molecule has 6 nitrogen and oxygen atoms in total. The van der Waals surface area contributed by atoms with Crippen LogP contribution in [-0.4, -0.2) is 38.7 Å². The molecule has 0 spiro atoms. The van der Waals surface area contributed by atoms with Crippen molar-refractivity contribution in [3.63, 3.8) is 0 Å². The Bertz CT molecular complexity index is 887. The minimum absolute atomic E-state index is 0.0712. The number of urea groups is 1. The molecule has 2 amide bonds. The summed E-state index contributed by atoms with van der Waals surface area (Å²) in [6, 6.07) is 9.58. The van der Waals surface area contributed by atoms with Crippen LogP contribution in [0.2, 0.25) is 0 Å². The summed E-state index contributed by atoms with van der Waals surface area (Å²) in [4.78, 5) is 21.0. The quantitative estimate of drug-likeness (QED) is 0.662. The molecule has 2 aromatic heterocycles. The second-order valence-corrected chi connectivity index (χ2v) is 7.60. The van der Waals surface area contributed by atoms with Crippen molar-refractivity contribution in [1.29, 1.82) is 0 Å². The normalized spacial score (nSPS) is 11.0. The Kier molecular flexibility index (Phi) is 5.90. The van der Waals surface area contributed by atoms with E-state index in [9.17, 15) is 9.90 Å². The molecule has 0 fully saturated rings. The number of amides is 2. The van der Waals surface area contributed by atoms with Gasteiger partial charge in [-0.25, -0.2) is 9.78 Å². The average molecular weight is 372 g/mol. The van der Waals surface area contributed by atoms with Crippen LogP contribution in [-0.2, 0) is 13.1 Å². The lowest BCUT2D eigenvalue weighted by atomic mass is 10.2. The smallest absolute Gasteiger partial charge is 0.322 e. The second kappa shape index (κ2) is 8.33. The van der Waals surface area contributed by atoms with E-state index in [0.717, 1.165) is 28.9 Å².